The first-order valence-electron chi connectivity index (χ1n) is 6.04. The average molecular weight is 239 g/mol. The van der Waals surface area contributed by atoms with Gasteiger partial charge in [0, 0.05) is 23.5 Å². The van der Waals surface area contributed by atoms with Gasteiger partial charge in [0.1, 0.15) is 0 Å². The minimum absolute atomic E-state index is 0.368. The van der Waals surface area contributed by atoms with Gasteiger partial charge < -0.3 is 5.32 Å². The van der Waals surface area contributed by atoms with E-state index in [0.717, 1.165) is 6.54 Å². The predicted molar refractivity (Wildman–Crippen MR) is 69.7 cm³/mol. The molecule has 0 saturated heterocycles. The van der Waals surface area contributed by atoms with Crippen molar-refractivity contribution in [2.75, 3.05) is 12.8 Å². The maximum absolute atomic E-state index is 3.99. The molecule has 1 aromatic rings. The molecule has 0 amide bonds. The Hall–Kier alpha value is -0.480. The first-order valence-corrected chi connectivity index (χ1v) is 7.26. The standard InChI is InChI=1S/C12H21N3S/c1-10(11-5-8-14-15-11)13-9-12(16-2)6-3-4-7-12/h5,8,10,13H,3-4,6-7,9H2,1-2H3,(H,14,15). The molecule has 1 aromatic heterocycles. The smallest absolute Gasteiger partial charge is 0.0518 e. The second kappa shape index (κ2) is 5.23. The zero-order valence-corrected chi connectivity index (χ0v) is 10.9. The largest absolute Gasteiger partial charge is 0.307 e. The molecule has 0 radical (unpaired) electrons. The fraction of sp³-hybridized carbons (Fsp3) is 0.750. The highest BCUT2D eigenvalue weighted by molar-refractivity contribution is 8.00. The summed E-state index contributed by atoms with van der Waals surface area (Å²) in [6, 6.07) is 2.41. The van der Waals surface area contributed by atoms with Gasteiger partial charge in [-0.1, -0.05) is 12.8 Å². The van der Waals surface area contributed by atoms with Crippen LogP contribution in [0.4, 0.5) is 0 Å². The van der Waals surface area contributed by atoms with Gasteiger partial charge in [-0.05, 0) is 32.1 Å². The molecule has 2 N–H and O–H groups in total. The molecule has 4 heteroatoms. The van der Waals surface area contributed by atoms with Crippen molar-refractivity contribution in [3.63, 3.8) is 0 Å². The second-order valence-electron chi connectivity index (χ2n) is 4.71. The Kier molecular flexibility index (Phi) is 3.92. The normalized spacial score (nSPS) is 21.1. The monoisotopic (exact) mass is 239 g/mol. The minimum atomic E-state index is 0.368. The van der Waals surface area contributed by atoms with Crippen LogP contribution >= 0.6 is 11.8 Å². The molecule has 1 heterocycles. The van der Waals surface area contributed by atoms with Crippen LogP contribution in [0.1, 0.15) is 44.3 Å². The SMILES string of the molecule is CSC1(CNC(C)c2ccn[nH]2)CCCC1. The molecular formula is C12H21N3S. The lowest BCUT2D eigenvalue weighted by molar-refractivity contribution is 0.480. The molecule has 16 heavy (non-hydrogen) atoms. The van der Waals surface area contributed by atoms with Crippen molar-refractivity contribution in [2.24, 2.45) is 0 Å². The fourth-order valence-corrected chi connectivity index (χ4v) is 3.35. The summed E-state index contributed by atoms with van der Waals surface area (Å²) < 4.78 is 0.480. The Morgan fingerprint density at radius 2 is 2.31 bits per heavy atom. The molecule has 1 unspecified atom stereocenters. The fourth-order valence-electron chi connectivity index (χ4n) is 2.43. The van der Waals surface area contributed by atoms with E-state index in [1.54, 1.807) is 0 Å². The van der Waals surface area contributed by atoms with Crippen LogP contribution in [0.15, 0.2) is 12.3 Å². The quantitative estimate of drug-likeness (QED) is 0.830. The summed E-state index contributed by atoms with van der Waals surface area (Å²) in [6.07, 6.45) is 9.55. The zero-order chi connectivity index (χ0) is 11.4. The third kappa shape index (κ3) is 2.61. The average Bonchev–Trinajstić information content (AvgIpc) is 2.98. The Balaban J connectivity index is 1.86. The van der Waals surface area contributed by atoms with Crippen molar-refractivity contribution in [1.29, 1.82) is 0 Å². The van der Waals surface area contributed by atoms with E-state index in [4.69, 9.17) is 0 Å². The van der Waals surface area contributed by atoms with E-state index in [9.17, 15) is 0 Å². The Morgan fingerprint density at radius 3 is 2.88 bits per heavy atom. The molecule has 1 atom stereocenters. The van der Waals surface area contributed by atoms with E-state index in [2.05, 4.69) is 28.7 Å². The van der Waals surface area contributed by atoms with Gasteiger partial charge in [0.25, 0.3) is 0 Å². The molecular weight excluding hydrogens is 218 g/mol. The Labute approximate surface area is 102 Å². The van der Waals surface area contributed by atoms with Gasteiger partial charge in [-0.3, -0.25) is 5.10 Å². The van der Waals surface area contributed by atoms with Crippen molar-refractivity contribution in [1.82, 2.24) is 15.5 Å². The molecule has 0 bridgehead atoms. The topological polar surface area (TPSA) is 40.7 Å². The van der Waals surface area contributed by atoms with Crippen LogP contribution < -0.4 is 5.32 Å². The molecule has 2 rings (SSSR count). The number of aromatic nitrogens is 2. The summed E-state index contributed by atoms with van der Waals surface area (Å²) in [6.45, 7) is 3.30. The summed E-state index contributed by atoms with van der Waals surface area (Å²) in [5, 5.41) is 10.6. The van der Waals surface area contributed by atoms with E-state index >= 15 is 0 Å². The summed E-state index contributed by atoms with van der Waals surface area (Å²) in [5.74, 6) is 0. The highest BCUT2D eigenvalue weighted by Crippen LogP contribution is 2.39. The van der Waals surface area contributed by atoms with Crippen LogP contribution in [-0.4, -0.2) is 27.7 Å². The van der Waals surface area contributed by atoms with Crippen LogP contribution in [0.2, 0.25) is 0 Å². The van der Waals surface area contributed by atoms with Crippen LogP contribution in [0.3, 0.4) is 0 Å². The highest BCUT2D eigenvalue weighted by Gasteiger charge is 2.32. The maximum atomic E-state index is 3.99. The lowest BCUT2D eigenvalue weighted by Gasteiger charge is -2.28. The lowest BCUT2D eigenvalue weighted by Crippen LogP contribution is -2.36. The van der Waals surface area contributed by atoms with E-state index in [1.165, 1.54) is 31.4 Å². The number of H-pyrrole nitrogens is 1. The van der Waals surface area contributed by atoms with Crippen LogP contribution in [0.25, 0.3) is 0 Å². The Bertz CT molecular complexity index is 304. The molecule has 0 spiro atoms. The van der Waals surface area contributed by atoms with Crippen molar-refractivity contribution >= 4 is 11.8 Å². The molecule has 90 valence electrons. The summed E-state index contributed by atoms with van der Waals surface area (Å²) in [5.41, 5.74) is 1.18. The van der Waals surface area contributed by atoms with Gasteiger partial charge in [-0.15, -0.1) is 0 Å². The number of rotatable bonds is 5. The molecule has 1 saturated carbocycles. The summed E-state index contributed by atoms with van der Waals surface area (Å²) >= 11 is 2.03. The lowest BCUT2D eigenvalue weighted by atomic mass is 10.1. The van der Waals surface area contributed by atoms with E-state index in [1.807, 2.05) is 24.0 Å². The first kappa shape index (κ1) is 12.0. The summed E-state index contributed by atoms with van der Waals surface area (Å²) in [4.78, 5) is 0. The van der Waals surface area contributed by atoms with Crippen molar-refractivity contribution in [3.05, 3.63) is 18.0 Å². The van der Waals surface area contributed by atoms with Gasteiger partial charge in [-0.25, -0.2) is 0 Å². The number of aromatic amines is 1. The van der Waals surface area contributed by atoms with Gasteiger partial charge in [0.05, 0.1) is 5.69 Å². The van der Waals surface area contributed by atoms with Gasteiger partial charge in [0.2, 0.25) is 0 Å². The van der Waals surface area contributed by atoms with Crippen molar-refractivity contribution in [3.8, 4) is 0 Å². The maximum Gasteiger partial charge on any atom is 0.0518 e. The van der Waals surface area contributed by atoms with E-state index in [-0.39, 0.29) is 0 Å². The predicted octanol–water partition coefficient (Wildman–Crippen LogP) is 2.74. The van der Waals surface area contributed by atoms with Gasteiger partial charge in [-0.2, -0.15) is 16.9 Å². The molecule has 1 aliphatic carbocycles. The van der Waals surface area contributed by atoms with E-state index < -0.39 is 0 Å². The minimum Gasteiger partial charge on any atom is -0.307 e. The number of thioether (sulfide) groups is 1. The van der Waals surface area contributed by atoms with Crippen LogP contribution in [-0.2, 0) is 0 Å². The Morgan fingerprint density at radius 1 is 1.56 bits per heavy atom. The molecule has 1 aliphatic rings. The third-order valence-corrected chi connectivity index (χ3v) is 5.09. The third-order valence-electron chi connectivity index (χ3n) is 3.67. The number of hydrogen-bond acceptors (Lipinski definition) is 3. The first-order chi connectivity index (χ1) is 7.76. The summed E-state index contributed by atoms with van der Waals surface area (Å²) in [7, 11) is 0. The highest BCUT2D eigenvalue weighted by atomic mass is 32.2. The van der Waals surface area contributed by atoms with Gasteiger partial charge >= 0.3 is 0 Å². The second-order valence-corrected chi connectivity index (χ2v) is 5.98. The van der Waals surface area contributed by atoms with Crippen molar-refractivity contribution in [2.45, 2.75) is 43.4 Å². The molecule has 1 fully saturated rings. The van der Waals surface area contributed by atoms with E-state index in [0.29, 0.717) is 10.8 Å². The number of nitrogens with zero attached hydrogens (tertiary/aromatic N) is 1. The molecule has 0 aromatic carbocycles. The van der Waals surface area contributed by atoms with Crippen LogP contribution in [0, 0.1) is 0 Å². The number of nitrogens with one attached hydrogen (secondary N) is 2. The molecule has 3 nitrogen and oxygen atoms in total. The van der Waals surface area contributed by atoms with Crippen molar-refractivity contribution < 1.29 is 0 Å². The zero-order valence-electron chi connectivity index (χ0n) is 10.1. The van der Waals surface area contributed by atoms with Gasteiger partial charge in [0.15, 0.2) is 0 Å². The molecule has 0 aliphatic heterocycles. The van der Waals surface area contributed by atoms with Crippen LogP contribution in [0.5, 0.6) is 0 Å². The number of hydrogen-bond donors (Lipinski definition) is 2.